The van der Waals surface area contributed by atoms with E-state index in [2.05, 4.69) is 0 Å². The van der Waals surface area contributed by atoms with Crippen molar-refractivity contribution >= 4 is 27.6 Å². The minimum Gasteiger partial charge on any atom is -0.480 e. The number of halogens is 1. The predicted molar refractivity (Wildman–Crippen MR) is 60.3 cm³/mol. The van der Waals surface area contributed by atoms with Gasteiger partial charge in [0.1, 0.15) is 6.04 Å². The summed E-state index contributed by atoms with van der Waals surface area (Å²) < 4.78 is 25.3. The molecular weight excluding hydrogens is 270 g/mol. The van der Waals surface area contributed by atoms with Gasteiger partial charge in [-0.25, -0.2) is 8.42 Å². The van der Waals surface area contributed by atoms with Crippen LogP contribution in [0.4, 0.5) is 0 Å². The molecule has 0 aliphatic heterocycles. The highest BCUT2D eigenvalue weighted by molar-refractivity contribution is 7.89. The molecular formula is C9H10ClNO5S. The molecule has 0 bridgehead atoms. The van der Waals surface area contributed by atoms with Crippen LogP contribution in [-0.2, 0) is 14.8 Å². The van der Waals surface area contributed by atoms with E-state index in [1.165, 1.54) is 24.3 Å². The molecule has 1 aromatic rings. The lowest BCUT2D eigenvalue weighted by Crippen LogP contribution is -2.43. The molecule has 0 aromatic heterocycles. The topological polar surface area (TPSA) is 104 Å². The summed E-state index contributed by atoms with van der Waals surface area (Å²) in [6.45, 7) is -0.838. The standard InChI is InChI=1S/C9H10ClNO5S/c10-6-2-1-3-7(4-6)17(15,16)11-8(5-12)9(13)14/h1-4,8,11-12H,5H2,(H,13,14)/t8-/m0/s1. The van der Waals surface area contributed by atoms with Gasteiger partial charge >= 0.3 is 5.97 Å². The first-order valence-corrected chi connectivity index (χ1v) is 6.34. The third kappa shape index (κ3) is 3.67. The Hall–Kier alpha value is -1.15. The van der Waals surface area contributed by atoms with Crippen LogP contribution >= 0.6 is 11.6 Å². The van der Waals surface area contributed by atoms with Crippen molar-refractivity contribution in [3.8, 4) is 0 Å². The smallest absolute Gasteiger partial charge is 0.324 e. The van der Waals surface area contributed by atoms with Gasteiger partial charge in [-0.05, 0) is 18.2 Å². The number of benzene rings is 1. The summed E-state index contributed by atoms with van der Waals surface area (Å²) in [5.41, 5.74) is 0. The quantitative estimate of drug-likeness (QED) is 0.707. The maximum Gasteiger partial charge on any atom is 0.324 e. The van der Waals surface area contributed by atoms with Crippen LogP contribution in [0.15, 0.2) is 29.2 Å². The fraction of sp³-hybridized carbons (Fsp3) is 0.222. The molecule has 1 rings (SSSR count). The Kier molecular flexibility index (Phi) is 4.47. The highest BCUT2D eigenvalue weighted by Crippen LogP contribution is 2.15. The van der Waals surface area contributed by atoms with Gasteiger partial charge in [-0.1, -0.05) is 17.7 Å². The molecule has 1 aromatic carbocycles. The molecule has 1 atom stereocenters. The van der Waals surface area contributed by atoms with E-state index in [0.29, 0.717) is 0 Å². The van der Waals surface area contributed by atoms with Gasteiger partial charge in [-0.2, -0.15) is 4.72 Å². The van der Waals surface area contributed by atoms with Crippen molar-refractivity contribution in [2.75, 3.05) is 6.61 Å². The largest absolute Gasteiger partial charge is 0.480 e. The fourth-order valence-corrected chi connectivity index (χ4v) is 2.54. The maximum absolute atomic E-state index is 11.7. The van der Waals surface area contributed by atoms with Crippen LogP contribution in [0.5, 0.6) is 0 Å². The van der Waals surface area contributed by atoms with Gasteiger partial charge in [0.25, 0.3) is 0 Å². The highest BCUT2D eigenvalue weighted by Gasteiger charge is 2.24. The number of rotatable bonds is 5. The molecule has 0 radical (unpaired) electrons. The number of nitrogens with one attached hydrogen (secondary N) is 1. The third-order valence-corrected chi connectivity index (χ3v) is 3.59. The average molecular weight is 280 g/mol. The van der Waals surface area contributed by atoms with Gasteiger partial charge in [0.2, 0.25) is 10.0 Å². The number of aliphatic carboxylic acids is 1. The zero-order valence-corrected chi connectivity index (χ0v) is 10.1. The van der Waals surface area contributed by atoms with Crippen molar-refractivity contribution in [3.63, 3.8) is 0 Å². The Labute approximate surface area is 103 Å². The summed E-state index contributed by atoms with van der Waals surface area (Å²) >= 11 is 5.63. The molecule has 0 unspecified atom stereocenters. The second kappa shape index (κ2) is 5.46. The number of carboxylic acids is 1. The molecule has 8 heteroatoms. The molecule has 0 aliphatic carbocycles. The fourth-order valence-electron chi connectivity index (χ4n) is 1.06. The lowest BCUT2D eigenvalue weighted by molar-refractivity contribution is -0.139. The van der Waals surface area contributed by atoms with E-state index in [1.807, 2.05) is 4.72 Å². The van der Waals surface area contributed by atoms with Crippen LogP contribution in [-0.4, -0.2) is 37.2 Å². The summed E-state index contributed by atoms with van der Waals surface area (Å²) in [5, 5.41) is 17.6. The lowest BCUT2D eigenvalue weighted by atomic mass is 10.3. The average Bonchev–Trinajstić information content (AvgIpc) is 2.25. The summed E-state index contributed by atoms with van der Waals surface area (Å²) in [7, 11) is -4.01. The van der Waals surface area contributed by atoms with Crippen LogP contribution in [0.2, 0.25) is 5.02 Å². The Morgan fingerprint density at radius 1 is 1.47 bits per heavy atom. The first-order valence-electron chi connectivity index (χ1n) is 4.48. The first-order chi connectivity index (χ1) is 7.86. The van der Waals surface area contributed by atoms with Crippen molar-refractivity contribution in [1.29, 1.82) is 0 Å². The van der Waals surface area contributed by atoms with Crippen LogP contribution in [0.1, 0.15) is 0 Å². The highest BCUT2D eigenvalue weighted by atomic mass is 35.5. The van der Waals surface area contributed by atoms with E-state index < -0.39 is 28.6 Å². The first kappa shape index (κ1) is 13.9. The minimum absolute atomic E-state index is 0.162. The van der Waals surface area contributed by atoms with Gasteiger partial charge in [0, 0.05) is 5.02 Å². The van der Waals surface area contributed by atoms with Crippen molar-refractivity contribution in [1.82, 2.24) is 4.72 Å². The number of aliphatic hydroxyl groups is 1. The molecule has 0 spiro atoms. The number of sulfonamides is 1. The van der Waals surface area contributed by atoms with Gasteiger partial charge in [0.05, 0.1) is 11.5 Å². The van der Waals surface area contributed by atoms with Crippen LogP contribution in [0.3, 0.4) is 0 Å². The third-order valence-electron chi connectivity index (χ3n) is 1.88. The van der Waals surface area contributed by atoms with Gasteiger partial charge in [-0.3, -0.25) is 4.79 Å². The van der Waals surface area contributed by atoms with Crippen LogP contribution in [0, 0.1) is 0 Å². The Morgan fingerprint density at radius 2 is 2.12 bits per heavy atom. The van der Waals surface area contributed by atoms with E-state index in [9.17, 15) is 13.2 Å². The van der Waals surface area contributed by atoms with E-state index in [4.69, 9.17) is 21.8 Å². The molecule has 17 heavy (non-hydrogen) atoms. The molecule has 94 valence electrons. The van der Waals surface area contributed by atoms with Crippen molar-refractivity contribution < 1.29 is 23.4 Å². The van der Waals surface area contributed by atoms with Gasteiger partial charge < -0.3 is 10.2 Å². The molecule has 0 heterocycles. The molecule has 0 amide bonds. The van der Waals surface area contributed by atoms with E-state index in [1.54, 1.807) is 0 Å². The van der Waals surface area contributed by atoms with E-state index in [-0.39, 0.29) is 9.92 Å². The molecule has 3 N–H and O–H groups in total. The number of hydrogen-bond donors (Lipinski definition) is 3. The van der Waals surface area contributed by atoms with Gasteiger partial charge in [0.15, 0.2) is 0 Å². The van der Waals surface area contributed by atoms with Crippen LogP contribution < -0.4 is 4.72 Å². The van der Waals surface area contributed by atoms with Crippen LogP contribution in [0.25, 0.3) is 0 Å². The number of hydrogen-bond acceptors (Lipinski definition) is 4. The lowest BCUT2D eigenvalue weighted by Gasteiger charge is -2.12. The van der Waals surface area contributed by atoms with Crippen molar-refractivity contribution in [2.45, 2.75) is 10.9 Å². The Morgan fingerprint density at radius 3 is 2.59 bits per heavy atom. The number of aliphatic hydroxyl groups excluding tert-OH is 1. The molecule has 0 saturated carbocycles. The minimum atomic E-state index is -4.01. The zero-order chi connectivity index (χ0) is 13.1. The van der Waals surface area contributed by atoms with E-state index >= 15 is 0 Å². The monoisotopic (exact) mass is 279 g/mol. The summed E-state index contributed by atoms with van der Waals surface area (Å²) in [4.78, 5) is 10.4. The zero-order valence-electron chi connectivity index (χ0n) is 8.50. The van der Waals surface area contributed by atoms with E-state index in [0.717, 1.165) is 0 Å². The second-order valence-electron chi connectivity index (χ2n) is 3.15. The second-order valence-corrected chi connectivity index (χ2v) is 5.30. The molecule has 6 nitrogen and oxygen atoms in total. The van der Waals surface area contributed by atoms with Gasteiger partial charge in [-0.15, -0.1) is 0 Å². The molecule has 0 saturated heterocycles. The maximum atomic E-state index is 11.7. The van der Waals surface area contributed by atoms with Crippen molar-refractivity contribution in [2.24, 2.45) is 0 Å². The normalized spacial score (nSPS) is 13.3. The Balaban J connectivity index is 3.00. The van der Waals surface area contributed by atoms with Crippen molar-refractivity contribution in [3.05, 3.63) is 29.3 Å². The summed E-state index contributed by atoms with van der Waals surface area (Å²) in [5.74, 6) is -1.46. The number of carboxylic acid groups (broad SMARTS) is 1. The summed E-state index contributed by atoms with van der Waals surface area (Å²) in [6.07, 6.45) is 0. The SMILES string of the molecule is O=C(O)[C@H](CO)NS(=O)(=O)c1cccc(Cl)c1. The summed E-state index contributed by atoms with van der Waals surface area (Å²) in [6, 6.07) is 3.77. The predicted octanol–water partition coefficient (Wildman–Crippen LogP) is 0.0638. The Bertz CT molecular complexity index is 516. The number of carbonyl (C=O) groups is 1. The molecule has 0 fully saturated rings. The molecule has 0 aliphatic rings.